The molecule has 0 spiro atoms. The van der Waals surface area contributed by atoms with E-state index in [2.05, 4.69) is 76.7 Å². The first-order chi connectivity index (χ1) is 18.7. The number of hydrogen-bond acceptors (Lipinski definition) is 6. The van der Waals surface area contributed by atoms with Crippen molar-refractivity contribution in [2.45, 2.75) is 57.8 Å². The topological polar surface area (TPSA) is 70.6 Å². The number of hydrogen-bond donors (Lipinski definition) is 1. The van der Waals surface area contributed by atoms with Crippen LogP contribution in [0.3, 0.4) is 0 Å². The molecule has 3 unspecified atom stereocenters. The molecule has 2 aromatic carbocycles. The normalized spacial score (nSPS) is 19.4. The predicted octanol–water partition coefficient (Wildman–Crippen LogP) is 6.67. The maximum atomic E-state index is 12.8. The average molecular weight is 522 g/mol. The summed E-state index contributed by atoms with van der Waals surface area (Å²) in [5.41, 5.74) is 4.76. The Morgan fingerprint density at radius 3 is 2.51 bits per heavy atom. The molecule has 0 saturated carbocycles. The van der Waals surface area contributed by atoms with Crippen LogP contribution in [0.2, 0.25) is 0 Å². The lowest BCUT2D eigenvalue weighted by Crippen LogP contribution is -2.50. The van der Waals surface area contributed by atoms with Crippen LogP contribution in [0.25, 0.3) is 22.2 Å². The number of ether oxygens (including phenoxy) is 1. The first kappa shape index (κ1) is 25.2. The van der Waals surface area contributed by atoms with Gasteiger partial charge in [0, 0.05) is 48.0 Å². The number of para-hydroxylation sites is 1. The molecule has 7 nitrogen and oxygen atoms in total. The van der Waals surface area contributed by atoms with Gasteiger partial charge in [0.25, 0.3) is 0 Å². The number of nitrogens with zero attached hydrogens (tertiary/aromatic N) is 4. The zero-order valence-electron chi connectivity index (χ0n) is 23.0. The summed E-state index contributed by atoms with van der Waals surface area (Å²) < 4.78 is 5.68. The third-order valence-corrected chi connectivity index (χ3v) is 7.59. The predicted molar refractivity (Wildman–Crippen MR) is 156 cm³/mol. The van der Waals surface area contributed by atoms with Crippen LogP contribution in [0.5, 0.6) is 0 Å². The lowest BCUT2D eigenvalue weighted by atomic mass is 10.1. The fraction of sp³-hybridized carbons (Fsp3) is 0.344. The van der Waals surface area contributed by atoms with Gasteiger partial charge in [-0.1, -0.05) is 48.5 Å². The van der Waals surface area contributed by atoms with Gasteiger partial charge in [-0.05, 0) is 63.9 Å². The number of rotatable bonds is 5. The molecule has 2 saturated heterocycles. The van der Waals surface area contributed by atoms with Crippen molar-refractivity contribution in [1.29, 1.82) is 0 Å². The number of likely N-dealkylation sites (tertiary alicyclic amines) is 1. The summed E-state index contributed by atoms with van der Waals surface area (Å²) >= 11 is 0. The number of benzene rings is 2. The van der Waals surface area contributed by atoms with E-state index in [0.29, 0.717) is 6.54 Å². The van der Waals surface area contributed by atoms with Crippen LogP contribution in [0.1, 0.15) is 45.7 Å². The molecule has 39 heavy (non-hydrogen) atoms. The zero-order valence-corrected chi connectivity index (χ0v) is 23.0. The van der Waals surface area contributed by atoms with E-state index < -0.39 is 5.60 Å². The minimum absolute atomic E-state index is 0.127. The van der Waals surface area contributed by atoms with Crippen molar-refractivity contribution in [3.63, 3.8) is 0 Å². The van der Waals surface area contributed by atoms with E-state index in [4.69, 9.17) is 9.72 Å². The molecule has 2 aromatic heterocycles. The third-order valence-electron chi connectivity index (χ3n) is 7.59. The van der Waals surface area contributed by atoms with E-state index in [1.165, 1.54) is 5.56 Å². The van der Waals surface area contributed by atoms with E-state index in [9.17, 15) is 4.79 Å². The maximum Gasteiger partial charge on any atom is 0.410 e. The first-order valence-corrected chi connectivity index (χ1v) is 13.7. The van der Waals surface area contributed by atoms with Crippen LogP contribution in [0.15, 0.2) is 79.0 Å². The number of aromatic nitrogens is 2. The second-order valence-electron chi connectivity index (χ2n) is 11.6. The molecule has 1 amide bonds. The fourth-order valence-electron chi connectivity index (χ4n) is 5.76. The summed E-state index contributed by atoms with van der Waals surface area (Å²) in [5, 5.41) is 4.66. The van der Waals surface area contributed by atoms with Gasteiger partial charge in [0.2, 0.25) is 0 Å². The first-order valence-electron chi connectivity index (χ1n) is 13.7. The Labute approximate surface area is 229 Å². The molecule has 2 aliphatic heterocycles. The van der Waals surface area contributed by atoms with Crippen LogP contribution in [0, 0.1) is 0 Å². The van der Waals surface area contributed by atoms with Crippen molar-refractivity contribution in [3.05, 3.63) is 84.6 Å². The zero-order chi connectivity index (χ0) is 27.1. The van der Waals surface area contributed by atoms with Crippen LogP contribution in [-0.4, -0.2) is 51.7 Å². The molecule has 2 fully saturated rings. The molecule has 0 aliphatic carbocycles. The molecule has 2 aliphatic rings. The van der Waals surface area contributed by atoms with Gasteiger partial charge in [-0.2, -0.15) is 0 Å². The number of anilines is 2. The van der Waals surface area contributed by atoms with E-state index >= 15 is 0 Å². The van der Waals surface area contributed by atoms with Gasteiger partial charge in [0.05, 0.1) is 17.3 Å². The molecule has 2 bridgehead atoms. The standard InChI is InChI=1S/C32H35N5O2/c1-21(22-10-6-5-7-11-22)34-30-16-23(14-15-33-30)28-18-29(26-12-8-9-13-27(26)35-28)36-19-25-17-24(36)20-37(25)31(38)39-32(2,3)4/h5-16,18,21,24-25H,17,19-20H2,1-4H3,(H,33,34). The molecule has 7 heteroatoms. The van der Waals surface area contributed by atoms with E-state index in [0.717, 1.165) is 46.6 Å². The van der Waals surface area contributed by atoms with Crippen molar-refractivity contribution >= 4 is 28.5 Å². The summed E-state index contributed by atoms with van der Waals surface area (Å²) in [6.45, 7) is 9.34. The molecule has 6 rings (SSSR count). The van der Waals surface area contributed by atoms with Crippen molar-refractivity contribution in [2.24, 2.45) is 0 Å². The molecular formula is C32H35N5O2. The fourth-order valence-corrected chi connectivity index (χ4v) is 5.76. The number of fused-ring (bicyclic) bond motifs is 3. The van der Waals surface area contributed by atoms with Gasteiger partial charge < -0.3 is 19.9 Å². The number of carbonyl (C=O) groups is 1. The van der Waals surface area contributed by atoms with Crippen LogP contribution in [-0.2, 0) is 4.74 Å². The molecule has 1 N–H and O–H groups in total. The number of piperazine rings is 1. The smallest absolute Gasteiger partial charge is 0.410 e. The molecule has 4 aromatic rings. The quantitative estimate of drug-likeness (QED) is 0.316. The van der Waals surface area contributed by atoms with E-state index in [-0.39, 0.29) is 24.2 Å². The van der Waals surface area contributed by atoms with Crippen molar-refractivity contribution in [1.82, 2.24) is 14.9 Å². The van der Waals surface area contributed by atoms with Crippen molar-refractivity contribution in [3.8, 4) is 11.3 Å². The lowest BCUT2D eigenvalue weighted by Gasteiger charge is -2.36. The minimum Gasteiger partial charge on any atom is -0.444 e. The number of pyridine rings is 2. The Balaban J connectivity index is 1.28. The lowest BCUT2D eigenvalue weighted by molar-refractivity contribution is 0.0215. The second kappa shape index (κ2) is 9.88. The Kier molecular flexibility index (Phi) is 6.37. The van der Waals surface area contributed by atoms with Crippen molar-refractivity contribution < 1.29 is 9.53 Å². The van der Waals surface area contributed by atoms with Gasteiger partial charge in [-0.25, -0.2) is 14.8 Å². The van der Waals surface area contributed by atoms with Gasteiger partial charge in [0.15, 0.2) is 0 Å². The summed E-state index contributed by atoms with van der Waals surface area (Å²) in [6, 6.07) is 25.5. The Bertz CT molecular complexity index is 1500. The Hall–Kier alpha value is -4.13. The van der Waals surface area contributed by atoms with Crippen LogP contribution < -0.4 is 10.2 Å². The molecule has 3 atom stereocenters. The minimum atomic E-state index is -0.494. The van der Waals surface area contributed by atoms with Crippen LogP contribution in [0.4, 0.5) is 16.3 Å². The summed E-state index contributed by atoms with van der Waals surface area (Å²) in [4.78, 5) is 26.8. The molecular weight excluding hydrogens is 486 g/mol. The largest absolute Gasteiger partial charge is 0.444 e. The highest BCUT2D eigenvalue weighted by Gasteiger charge is 2.47. The molecule has 0 radical (unpaired) electrons. The molecule has 200 valence electrons. The van der Waals surface area contributed by atoms with Crippen molar-refractivity contribution in [2.75, 3.05) is 23.3 Å². The monoisotopic (exact) mass is 521 g/mol. The summed E-state index contributed by atoms with van der Waals surface area (Å²) in [6.07, 6.45) is 2.57. The maximum absolute atomic E-state index is 12.8. The number of nitrogens with one attached hydrogen (secondary N) is 1. The SMILES string of the molecule is CC(Nc1cc(-c2cc(N3CC4CC3CN4C(=O)OC(C)(C)C)c3ccccc3n2)ccn1)c1ccccc1. The number of amides is 1. The highest BCUT2D eigenvalue weighted by Crippen LogP contribution is 2.40. The Morgan fingerprint density at radius 2 is 1.77 bits per heavy atom. The van der Waals surface area contributed by atoms with Gasteiger partial charge in [-0.15, -0.1) is 0 Å². The average Bonchev–Trinajstić information content (AvgIpc) is 3.54. The number of carbonyl (C=O) groups excluding carboxylic acids is 1. The van der Waals surface area contributed by atoms with Gasteiger partial charge in [-0.3, -0.25) is 0 Å². The summed E-state index contributed by atoms with van der Waals surface area (Å²) in [5.74, 6) is 0.814. The highest BCUT2D eigenvalue weighted by molar-refractivity contribution is 5.95. The summed E-state index contributed by atoms with van der Waals surface area (Å²) in [7, 11) is 0. The Morgan fingerprint density at radius 1 is 1.00 bits per heavy atom. The third kappa shape index (κ3) is 5.13. The van der Waals surface area contributed by atoms with E-state index in [1.807, 2.05) is 50.1 Å². The van der Waals surface area contributed by atoms with Crippen LogP contribution >= 0.6 is 0 Å². The second-order valence-corrected chi connectivity index (χ2v) is 11.6. The van der Waals surface area contributed by atoms with Gasteiger partial charge >= 0.3 is 6.09 Å². The highest BCUT2D eigenvalue weighted by atomic mass is 16.6. The van der Waals surface area contributed by atoms with E-state index in [1.54, 1.807) is 0 Å². The molecule has 4 heterocycles. The van der Waals surface area contributed by atoms with Gasteiger partial charge in [0.1, 0.15) is 11.4 Å².